The lowest BCUT2D eigenvalue weighted by molar-refractivity contribution is -0.137. The standard InChI is InChI=1S/C12H15BrClNO4S/c1-12(2,3)19-11(18)15-7(5-9(16)17)8-4-6(13)10(14)20-8/h4,7H,5H2,1-3H3,(H,15,18)(H,16,17)/t7-/m1/s1. The zero-order valence-electron chi connectivity index (χ0n) is 11.2. The van der Waals surface area contributed by atoms with Gasteiger partial charge in [0.2, 0.25) is 0 Å². The van der Waals surface area contributed by atoms with E-state index in [0.29, 0.717) is 13.7 Å². The molecule has 2 N–H and O–H groups in total. The summed E-state index contributed by atoms with van der Waals surface area (Å²) in [4.78, 5) is 23.3. The molecule has 0 aliphatic heterocycles. The molecule has 1 aromatic rings. The van der Waals surface area contributed by atoms with Crippen molar-refractivity contribution in [1.29, 1.82) is 0 Å². The van der Waals surface area contributed by atoms with Gasteiger partial charge in [-0.3, -0.25) is 4.79 Å². The van der Waals surface area contributed by atoms with Gasteiger partial charge >= 0.3 is 12.1 Å². The first-order valence-corrected chi connectivity index (χ1v) is 7.73. The van der Waals surface area contributed by atoms with Crippen LogP contribution in [0.15, 0.2) is 10.5 Å². The van der Waals surface area contributed by atoms with E-state index in [9.17, 15) is 9.59 Å². The lowest BCUT2D eigenvalue weighted by Crippen LogP contribution is -2.35. The number of rotatable bonds is 4. The van der Waals surface area contributed by atoms with Crippen molar-refractivity contribution in [2.75, 3.05) is 0 Å². The van der Waals surface area contributed by atoms with Crippen LogP contribution in [0.3, 0.4) is 0 Å². The molecule has 0 aliphatic rings. The van der Waals surface area contributed by atoms with Crippen molar-refractivity contribution in [2.45, 2.75) is 38.8 Å². The molecular formula is C12H15BrClNO4S. The van der Waals surface area contributed by atoms with Gasteiger partial charge in [-0.25, -0.2) is 4.79 Å². The van der Waals surface area contributed by atoms with Crippen LogP contribution in [0.2, 0.25) is 4.34 Å². The number of hydrogen-bond donors (Lipinski definition) is 2. The Balaban J connectivity index is 2.85. The SMILES string of the molecule is CC(C)(C)OC(=O)N[C@H](CC(=O)O)c1cc(Br)c(Cl)s1. The second-order valence-electron chi connectivity index (χ2n) is 5.07. The molecule has 20 heavy (non-hydrogen) atoms. The number of carbonyl (C=O) groups is 2. The third-order valence-corrected chi connectivity index (χ3v) is 4.67. The van der Waals surface area contributed by atoms with E-state index in [2.05, 4.69) is 21.2 Å². The summed E-state index contributed by atoms with van der Waals surface area (Å²) in [6.07, 6.45) is -0.910. The Labute approximate surface area is 134 Å². The minimum Gasteiger partial charge on any atom is -0.481 e. The van der Waals surface area contributed by atoms with Crippen LogP contribution in [-0.2, 0) is 9.53 Å². The van der Waals surface area contributed by atoms with Gasteiger partial charge in [0.15, 0.2) is 0 Å². The minimum atomic E-state index is -1.02. The van der Waals surface area contributed by atoms with Crippen molar-refractivity contribution in [1.82, 2.24) is 5.32 Å². The van der Waals surface area contributed by atoms with Crippen LogP contribution in [0.1, 0.15) is 38.1 Å². The van der Waals surface area contributed by atoms with Gasteiger partial charge in [0, 0.05) is 9.35 Å². The van der Waals surface area contributed by atoms with E-state index in [4.69, 9.17) is 21.4 Å². The highest BCUT2D eigenvalue weighted by atomic mass is 79.9. The lowest BCUT2D eigenvalue weighted by Gasteiger charge is -2.22. The molecule has 0 spiro atoms. The minimum absolute atomic E-state index is 0.247. The molecule has 1 atom stereocenters. The van der Waals surface area contributed by atoms with Gasteiger partial charge < -0.3 is 15.2 Å². The number of carboxylic acids is 1. The monoisotopic (exact) mass is 383 g/mol. The van der Waals surface area contributed by atoms with Crippen molar-refractivity contribution >= 4 is 50.9 Å². The summed E-state index contributed by atoms with van der Waals surface area (Å²) >= 11 is 10.4. The average Bonchev–Trinajstić information content (AvgIpc) is 2.54. The van der Waals surface area contributed by atoms with Gasteiger partial charge in [0.05, 0.1) is 12.5 Å². The summed E-state index contributed by atoms with van der Waals surface area (Å²) in [6, 6.07) is 1.01. The molecule has 0 saturated carbocycles. The van der Waals surface area contributed by atoms with Gasteiger partial charge in [-0.1, -0.05) is 11.6 Å². The van der Waals surface area contributed by atoms with Gasteiger partial charge in [0.1, 0.15) is 9.94 Å². The molecule has 1 aromatic heterocycles. The van der Waals surface area contributed by atoms with Crippen LogP contribution >= 0.6 is 38.9 Å². The Morgan fingerprint density at radius 3 is 2.55 bits per heavy atom. The first kappa shape index (κ1) is 17.3. The molecular weight excluding hydrogens is 370 g/mol. The summed E-state index contributed by atoms with van der Waals surface area (Å²) in [5.74, 6) is -1.02. The Morgan fingerprint density at radius 2 is 2.15 bits per heavy atom. The molecule has 0 radical (unpaired) electrons. The maximum absolute atomic E-state index is 11.7. The van der Waals surface area contributed by atoms with E-state index in [1.54, 1.807) is 26.8 Å². The molecule has 0 aliphatic carbocycles. The van der Waals surface area contributed by atoms with E-state index < -0.39 is 23.7 Å². The normalized spacial score (nSPS) is 12.8. The predicted molar refractivity (Wildman–Crippen MR) is 81.4 cm³/mol. The zero-order valence-corrected chi connectivity index (χ0v) is 14.4. The maximum Gasteiger partial charge on any atom is 0.408 e. The van der Waals surface area contributed by atoms with Crippen LogP contribution < -0.4 is 5.32 Å². The Bertz CT molecular complexity index is 493. The number of thiophene rings is 1. The number of carbonyl (C=O) groups excluding carboxylic acids is 1. The van der Waals surface area contributed by atoms with Crippen LogP contribution in [0.5, 0.6) is 0 Å². The topological polar surface area (TPSA) is 75.6 Å². The Hall–Kier alpha value is -0.790. The van der Waals surface area contributed by atoms with Crippen molar-refractivity contribution in [3.05, 3.63) is 19.8 Å². The molecule has 8 heteroatoms. The molecule has 0 saturated heterocycles. The van der Waals surface area contributed by atoms with Gasteiger partial charge in [-0.2, -0.15) is 0 Å². The average molecular weight is 385 g/mol. The highest BCUT2D eigenvalue weighted by molar-refractivity contribution is 9.10. The molecule has 1 heterocycles. The fourth-order valence-electron chi connectivity index (χ4n) is 1.38. The second kappa shape index (κ2) is 6.78. The molecule has 0 bridgehead atoms. The molecule has 0 unspecified atom stereocenters. The fraction of sp³-hybridized carbons (Fsp3) is 0.500. The predicted octanol–water partition coefficient (Wildman–Crippen LogP) is 4.20. The summed E-state index contributed by atoms with van der Waals surface area (Å²) < 4.78 is 6.29. The number of nitrogens with one attached hydrogen (secondary N) is 1. The number of hydrogen-bond acceptors (Lipinski definition) is 4. The highest BCUT2D eigenvalue weighted by Crippen LogP contribution is 2.36. The summed E-state index contributed by atoms with van der Waals surface area (Å²) in [7, 11) is 0. The third kappa shape index (κ3) is 5.68. The van der Waals surface area contributed by atoms with Crippen molar-refractivity contribution in [3.63, 3.8) is 0 Å². The van der Waals surface area contributed by atoms with Crippen LogP contribution in [0.4, 0.5) is 4.79 Å². The van der Waals surface area contributed by atoms with Gasteiger partial charge in [-0.15, -0.1) is 11.3 Å². The Kier molecular flexibility index (Phi) is 5.85. The first-order chi connectivity index (χ1) is 9.08. The molecule has 5 nitrogen and oxygen atoms in total. The first-order valence-electron chi connectivity index (χ1n) is 5.74. The van der Waals surface area contributed by atoms with E-state index in [1.165, 1.54) is 11.3 Å². The number of ether oxygens (including phenoxy) is 1. The fourth-order valence-corrected chi connectivity index (χ4v) is 3.17. The van der Waals surface area contributed by atoms with Crippen LogP contribution in [0.25, 0.3) is 0 Å². The second-order valence-corrected chi connectivity index (χ2v) is 7.61. The number of alkyl carbamates (subject to hydrolysis) is 1. The van der Waals surface area contributed by atoms with Crippen molar-refractivity contribution in [2.24, 2.45) is 0 Å². The van der Waals surface area contributed by atoms with E-state index >= 15 is 0 Å². The quantitative estimate of drug-likeness (QED) is 0.815. The molecule has 1 amide bonds. The smallest absolute Gasteiger partial charge is 0.408 e. The largest absolute Gasteiger partial charge is 0.481 e. The van der Waals surface area contributed by atoms with Crippen molar-refractivity contribution in [3.8, 4) is 0 Å². The van der Waals surface area contributed by atoms with Gasteiger partial charge in [0.25, 0.3) is 0 Å². The summed E-state index contributed by atoms with van der Waals surface area (Å²) in [5.41, 5.74) is -0.647. The number of carboxylic acid groups (broad SMARTS) is 1. The van der Waals surface area contributed by atoms with Crippen LogP contribution in [-0.4, -0.2) is 22.8 Å². The lowest BCUT2D eigenvalue weighted by atomic mass is 10.1. The van der Waals surface area contributed by atoms with Crippen LogP contribution in [0, 0.1) is 0 Å². The van der Waals surface area contributed by atoms with E-state index in [-0.39, 0.29) is 6.42 Å². The number of amides is 1. The molecule has 1 rings (SSSR count). The third-order valence-electron chi connectivity index (χ3n) is 2.08. The molecule has 0 aromatic carbocycles. The van der Waals surface area contributed by atoms with E-state index in [0.717, 1.165) is 0 Å². The molecule has 112 valence electrons. The highest BCUT2D eigenvalue weighted by Gasteiger charge is 2.24. The number of aliphatic carboxylic acids is 1. The molecule has 0 fully saturated rings. The summed E-state index contributed by atoms with van der Waals surface area (Å²) in [5, 5.41) is 11.5. The zero-order chi connectivity index (χ0) is 15.5. The van der Waals surface area contributed by atoms with Crippen molar-refractivity contribution < 1.29 is 19.4 Å². The maximum atomic E-state index is 11.7. The van der Waals surface area contributed by atoms with E-state index in [1.807, 2.05) is 0 Å². The van der Waals surface area contributed by atoms with Gasteiger partial charge in [-0.05, 0) is 42.8 Å². The summed E-state index contributed by atoms with van der Waals surface area (Å²) in [6.45, 7) is 5.20. The Morgan fingerprint density at radius 1 is 1.55 bits per heavy atom. The number of halogens is 2.